The van der Waals surface area contributed by atoms with Crippen LogP contribution in [0.4, 0.5) is 0 Å². The molecule has 0 radical (unpaired) electrons. The molecule has 12 N–H and O–H groups in total. The number of carbonyl (C=O) groups is 7. The van der Waals surface area contributed by atoms with Crippen LogP contribution in [0.25, 0.3) is 0 Å². The molecule has 4 saturated heterocycles. The summed E-state index contributed by atoms with van der Waals surface area (Å²) < 4.78 is 23.1. The molecule has 4 fully saturated rings. The van der Waals surface area contributed by atoms with E-state index in [-0.39, 0.29) is 19.5 Å². The Morgan fingerprint density at radius 3 is 1.90 bits per heavy atom. The molecule has 0 saturated carbocycles. The smallest absolute Gasteiger partial charge is 0.246 e. The average Bonchev–Trinajstić information content (AvgIpc) is 3.89. The third kappa shape index (κ3) is 11.2. The number of carbonyl (C=O) groups excluding carboxylic acids is 7. The van der Waals surface area contributed by atoms with Gasteiger partial charge in [0.15, 0.2) is 12.6 Å². The molecule has 4 aliphatic heterocycles. The lowest BCUT2D eigenvalue weighted by atomic mass is 9.95. The van der Waals surface area contributed by atoms with Crippen molar-refractivity contribution >= 4 is 41.4 Å². The van der Waals surface area contributed by atoms with Gasteiger partial charge in [-0.15, -0.1) is 0 Å². The molecule has 0 aromatic heterocycles. The SMILES string of the molecule is CC(=O)NC(C(=O)NC(C)C(=O)N1CCCC1C(=O)N1CCCC1C(=O)NC(C)C(N)=O)C(C)O[C@@H]1OC(CO)[C@H](O)C(O[C@@H]2OC(CO)[C@H](O)C(O)[C@H]2O)[C@H]1NC(C)=O. The zero-order valence-electron chi connectivity index (χ0n) is 34.0. The van der Waals surface area contributed by atoms with Crippen molar-refractivity contribution in [2.24, 2.45) is 5.73 Å². The highest BCUT2D eigenvalue weighted by atomic mass is 16.7. The summed E-state index contributed by atoms with van der Waals surface area (Å²) in [7, 11) is 0. The van der Waals surface area contributed by atoms with Gasteiger partial charge in [0.25, 0.3) is 0 Å². The predicted octanol–water partition coefficient (Wildman–Crippen LogP) is -6.86. The van der Waals surface area contributed by atoms with Gasteiger partial charge in [-0.05, 0) is 46.5 Å². The van der Waals surface area contributed by atoms with E-state index < -0.39 is 152 Å². The van der Waals surface area contributed by atoms with E-state index >= 15 is 0 Å². The lowest BCUT2D eigenvalue weighted by Gasteiger charge is -2.48. The van der Waals surface area contributed by atoms with E-state index in [2.05, 4.69) is 21.3 Å². The maximum Gasteiger partial charge on any atom is 0.246 e. The van der Waals surface area contributed by atoms with Gasteiger partial charge in [0.2, 0.25) is 41.4 Å². The van der Waals surface area contributed by atoms with Crippen molar-refractivity contribution in [3.8, 4) is 0 Å². The van der Waals surface area contributed by atoms with Gasteiger partial charge in [-0.25, -0.2) is 0 Å². The maximum atomic E-state index is 13.8. The van der Waals surface area contributed by atoms with Crippen LogP contribution in [0.1, 0.15) is 60.3 Å². The molecule has 10 unspecified atom stereocenters. The predicted molar refractivity (Wildman–Crippen MR) is 200 cm³/mol. The molecule has 0 aromatic carbocycles. The summed E-state index contributed by atoms with van der Waals surface area (Å²) in [5.41, 5.74) is 5.27. The van der Waals surface area contributed by atoms with Gasteiger partial charge < -0.3 is 86.4 Å². The van der Waals surface area contributed by atoms with E-state index in [1.165, 1.54) is 30.6 Å². The highest BCUT2D eigenvalue weighted by Gasteiger charge is 2.52. The standard InChI is InChI=1S/C36H59N7O17/c1-14(30(37)52)38-31(53)19-8-6-10-42(19)34(56)20-9-7-11-43(20)33(55)15(2)39-32(54)23(40-17(4)46)16(3)57-35-24(41-18(5)47)29(26(49)22(13-45)58-35)60-36-28(51)27(50)25(48)21(12-44)59-36/h14-16,19-29,35-36,44-45,48-51H,6-13H2,1-5H3,(H2,37,52)(H,38,53)(H,39,54)(H,40,46)(H,41,47)/t14?,15?,16?,19?,20?,21?,22?,23?,24-,25+,26+,27?,28-,29?,35-,36+/m1/s1. The summed E-state index contributed by atoms with van der Waals surface area (Å²) in [6, 6.07) is -7.09. The largest absolute Gasteiger partial charge is 0.394 e. The van der Waals surface area contributed by atoms with Crippen LogP contribution >= 0.6 is 0 Å². The summed E-state index contributed by atoms with van der Waals surface area (Å²) in [5.74, 6) is -4.71. The van der Waals surface area contributed by atoms with Gasteiger partial charge in [0, 0.05) is 26.9 Å². The first-order valence-corrected chi connectivity index (χ1v) is 19.8. The van der Waals surface area contributed by atoms with Crippen LogP contribution < -0.4 is 27.0 Å². The topological polar surface area (TPSA) is 358 Å². The monoisotopic (exact) mass is 861 g/mol. The van der Waals surface area contributed by atoms with Crippen LogP contribution in [0.5, 0.6) is 0 Å². The molecular formula is C36H59N7O17. The molecular weight excluding hydrogens is 802 g/mol. The Balaban J connectivity index is 1.49. The quantitative estimate of drug-likeness (QED) is 0.0687. The second-order valence-corrected chi connectivity index (χ2v) is 15.5. The van der Waals surface area contributed by atoms with Crippen molar-refractivity contribution in [2.75, 3.05) is 26.3 Å². The number of nitrogens with one attached hydrogen (secondary N) is 4. The molecule has 24 nitrogen and oxygen atoms in total. The number of hydrogen-bond acceptors (Lipinski definition) is 17. The number of nitrogens with zero attached hydrogens (tertiary/aromatic N) is 2. The maximum absolute atomic E-state index is 13.8. The molecule has 340 valence electrons. The fourth-order valence-electron chi connectivity index (χ4n) is 7.75. The Hall–Kier alpha value is -4.11. The first kappa shape index (κ1) is 48.6. The van der Waals surface area contributed by atoms with Crippen molar-refractivity contribution < 1.29 is 83.1 Å². The molecule has 24 heteroatoms. The van der Waals surface area contributed by atoms with Crippen molar-refractivity contribution in [2.45, 2.75) is 158 Å². The number of rotatable bonds is 16. The molecule has 0 spiro atoms. The summed E-state index contributed by atoms with van der Waals surface area (Å²) >= 11 is 0. The molecule has 0 bridgehead atoms. The van der Waals surface area contributed by atoms with Gasteiger partial charge >= 0.3 is 0 Å². The van der Waals surface area contributed by atoms with Crippen LogP contribution in [0.2, 0.25) is 0 Å². The van der Waals surface area contributed by atoms with Gasteiger partial charge in [-0.3, -0.25) is 33.6 Å². The number of nitrogens with two attached hydrogens (primary N) is 1. The van der Waals surface area contributed by atoms with E-state index in [4.69, 9.17) is 24.7 Å². The molecule has 60 heavy (non-hydrogen) atoms. The van der Waals surface area contributed by atoms with Crippen molar-refractivity contribution in [3.63, 3.8) is 0 Å². The zero-order valence-corrected chi connectivity index (χ0v) is 34.0. The van der Waals surface area contributed by atoms with E-state index in [0.29, 0.717) is 19.3 Å². The first-order chi connectivity index (χ1) is 28.2. The Bertz CT molecular complexity index is 1570. The minimum absolute atomic E-state index is 0.168. The minimum Gasteiger partial charge on any atom is -0.394 e. The molecule has 4 heterocycles. The lowest BCUT2D eigenvalue weighted by molar-refractivity contribution is -0.347. The Labute approximate surface area is 345 Å². The van der Waals surface area contributed by atoms with Gasteiger partial charge in [0.1, 0.15) is 79.0 Å². The summed E-state index contributed by atoms with van der Waals surface area (Å²) in [6.07, 6.45) is -15.0. The normalized spacial score (nSPS) is 33.9. The minimum atomic E-state index is -1.92. The number of likely N-dealkylation sites (tertiary alicyclic amines) is 2. The average molecular weight is 862 g/mol. The Morgan fingerprint density at radius 1 is 0.733 bits per heavy atom. The summed E-state index contributed by atoms with van der Waals surface area (Å²) in [4.78, 5) is 93.4. The van der Waals surface area contributed by atoms with Crippen molar-refractivity contribution in [3.05, 3.63) is 0 Å². The Morgan fingerprint density at radius 2 is 1.32 bits per heavy atom. The third-order valence-electron chi connectivity index (χ3n) is 11.0. The number of amides is 7. The van der Waals surface area contributed by atoms with Gasteiger partial charge in [0.05, 0.1) is 19.3 Å². The van der Waals surface area contributed by atoms with E-state index in [9.17, 15) is 64.2 Å². The fourth-order valence-corrected chi connectivity index (χ4v) is 7.75. The van der Waals surface area contributed by atoms with E-state index in [1.54, 1.807) is 0 Å². The van der Waals surface area contributed by atoms with Crippen LogP contribution in [-0.4, -0.2) is 206 Å². The molecule has 7 amide bonds. The number of aliphatic hydroxyl groups is 6. The van der Waals surface area contributed by atoms with Crippen LogP contribution in [-0.2, 0) is 52.5 Å². The molecule has 0 aromatic rings. The van der Waals surface area contributed by atoms with Crippen LogP contribution in [0.15, 0.2) is 0 Å². The fraction of sp³-hybridized carbons (Fsp3) is 0.806. The summed E-state index contributed by atoms with van der Waals surface area (Å²) in [5, 5.41) is 72.0. The number of hydrogen-bond donors (Lipinski definition) is 11. The first-order valence-electron chi connectivity index (χ1n) is 19.8. The number of aliphatic hydroxyl groups excluding tert-OH is 6. The molecule has 4 rings (SSSR count). The Kier molecular flexibility index (Phi) is 17.1. The zero-order chi connectivity index (χ0) is 44.7. The van der Waals surface area contributed by atoms with Gasteiger partial charge in [-0.1, -0.05) is 0 Å². The lowest BCUT2D eigenvalue weighted by Crippen LogP contribution is -2.68. The second kappa shape index (κ2) is 21.1. The second-order valence-electron chi connectivity index (χ2n) is 15.5. The van der Waals surface area contributed by atoms with Crippen LogP contribution in [0, 0.1) is 0 Å². The summed E-state index contributed by atoms with van der Waals surface area (Å²) in [6.45, 7) is 5.13. The van der Waals surface area contributed by atoms with E-state index in [1.807, 2.05) is 0 Å². The molecule has 4 aliphatic rings. The van der Waals surface area contributed by atoms with Crippen molar-refractivity contribution in [1.82, 2.24) is 31.1 Å². The van der Waals surface area contributed by atoms with Crippen LogP contribution in [0.3, 0.4) is 0 Å². The van der Waals surface area contributed by atoms with Gasteiger partial charge in [-0.2, -0.15) is 0 Å². The number of primary amides is 1. The highest BCUT2D eigenvalue weighted by molar-refractivity contribution is 5.96. The highest BCUT2D eigenvalue weighted by Crippen LogP contribution is 2.31. The third-order valence-corrected chi connectivity index (χ3v) is 11.0. The number of ether oxygens (including phenoxy) is 4. The van der Waals surface area contributed by atoms with E-state index in [0.717, 1.165) is 13.8 Å². The molecule has 0 aliphatic carbocycles. The van der Waals surface area contributed by atoms with Crippen molar-refractivity contribution in [1.29, 1.82) is 0 Å². The molecule has 16 atom stereocenters.